The van der Waals surface area contributed by atoms with E-state index in [1.807, 2.05) is 0 Å². The van der Waals surface area contributed by atoms with E-state index in [4.69, 9.17) is 13.9 Å². The van der Waals surface area contributed by atoms with Crippen molar-refractivity contribution in [1.29, 1.82) is 0 Å². The fourth-order valence-corrected chi connectivity index (χ4v) is 3.97. The summed E-state index contributed by atoms with van der Waals surface area (Å²) in [5, 5.41) is 1.01. The van der Waals surface area contributed by atoms with Gasteiger partial charge in [0.05, 0.1) is 7.11 Å². The van der Waals surface area contributed by atoms with Crippen molar-refractivity contribution in [3.63, 3.8) is 0 Å². The lowest BCUT2D eigenvalue weighted by molar-refractivity contribution is -0.147. The first-order chi connectivity index (χ1) is 13.5. The van der Waals surface area contributed by atoms with Crippen LogP contribution in [0.25, 0.3) is 11.0 Å². The lowest BCUT2D eigenvalue weighted by atomic mass is 9.89. The molecule has 1 aliphatic rings. The summed E-state index contributed by atoms with van der Waals surface area (Å²) in [6.45, 7) is 3.86. The first kappa shape index (κ1) is 20.4. The molecular formula is C23H30O5. The molecule has 28 heavy (non-hydrogen) atoms. The van der Waals surface area contributed by atoms with E-state index in [0.29, 0.717) is 11.3 Å². The van der Waals surface area contributed by atoms with Crippen LogP contribution in [-0.4, -0.2) is 19.2 Å². The number of methoxy groups -OCH3 is 1. The van der Waals surface area contributed by atoms with Gasteiger partial charge < -0.3 is 13.9 Å². The van der Waals surface area contributed by atoms with Crippen LogP contribution in [0.2, 0.25) is 0 Å². The van der Waals surface area contributed by atoms with Gasteiger partial charge in [0, 0.05) is 17.0 Å². The highest BCUT2D eigenvalue weighted by atomic mass is 16.6. The van der Waals surface area contributed by atoms with Crippen LogP contribution < -0.4 is 10.4 Å². The van der Waals surface area contributed by atoms with Gasteiger partial charge in [0.2, 0.25) is 0 Å². The number of carbonyl (C=O) groups is 1. The van der Waals surface area contributed by atoms with Crippen LogP contribution in [0.3, 0.4) is 0 Å². The fourth-order valence-electron chi connectivity index (χ4n) is 3.97. The van der Waals surface area contributed by atoms with Gasteiger partial charge in [0.25, 0.3) is 0 Å². The van der Waals surface area contributed by atoms with Crippen molar-refractivity contribution in [2.24, 2.45) is 0 Å². The summed E-state index contributed by atoms with van der Waals surface area (Å²) in [6, 6.07) is 3.88. The molecule has 0 saturated carbocycles. The number of carbonyl (C=O) groups excluding carboxylic acids is 1. The maximum Gasteiger partial charge on any atom is 0.346 e. The maximum atomic E-state index is 12.4. The molecule has 0 spiro atoms. The summed E-state index contributed by atoms with van der Waals surface area (Å²) in [5.41, 5.74) is 3.30. The molecule has 0 N–H and O–H groups in total. The molecule has 1 aliphatic carbocycles. The minimum Gasteiger partial charge on any atom is -0.479 e. The SMILES string of the molecule is CCCCCCc1cc2c3c(c(=O)oc2cc1O[C@@H](C)C(=O)OC)CCCC3. The highest BCUT2D eigenvalue weighted by Crippen LogP contribution is 2.33. The summed E-state index contributed by atoms with van der Waals surface area (Å²) in [4.78, 5) is 24.2. The second-order valence-electron chi connectivity index (χ2n) is 7.60. The Bertz CT molecular complexity index is 896. The van der Waals surface area contributed by atoms with Gasteiger partial charge in [-0.1, -0.05) is 26.2 Å². The molecule has 152 valence electrons. The molecule has 2 aromatic rings. The topological polar surface area (TPSA) is 65.7 Å². The van der Waals surface area contributed by atoms with Crippen LogP contribution in [0, 0.1) is 0 Å². The highest BCUT2D eigenvalue weighted by Gasteiger charge is 2.22. The van der Waals surface area contributed by atoms with Crippen LogP contribution in [0.4, 0.5) is 0 Å². The molecule has 0 unspecified atom stereocenters. The predicted octanol–water partition coefficient (Wildman–Crippen LogP) is 4.73. The average molecular weight is 386 g/mol. The number of benzene rings is 1. The monoisotopic (exact) mass is 386 g/mol. The van der Waals surface area contributed by atoms with Crippen molar-refractivity contribution >= 4 is 16.9 Å². The van der Waals surface area contributed by atoms with Gasteiger partial charge >= 0.3 is 11.6 Å². The Balaban J connectivity index is 2.03. The Kier molecular flexibility index (Phi) is 6.76. The van der Waals surface area contributed by atoms with Crippen LogP contribution in [-0.2, 0) is 28.8 Å². The average Bonchev–Trinajstić information content (AvgIpc) is 2.71. The molecule has 0 fully saturated rings. The molecule has 5 nitrogen and oxygen atoms in total. The normalized spacial score (nSPS) is 14.5. The Morgan fingerprint density at radius 3 is 2.61 bits per heavy atom. The van der Waals surface area contributed by atoms with E-state index in [0.717, 1.165) is 67.0 Å². The number of fused-ring (bicyclic) bond motifs is 3. The molecule has 1 atom stereocenters. The first-order valence-corrected chi connectivity index (χ1v) is 10.4. The quantitative estimate of drug-likeness (QED) is 0.373. The Labute approximate surface area is 166 Å². The summed E-state index contributed by atoms with van der Waals surface area (Å²) < 4.78 is 16.3. The lowest BCUT2D eigenvalue weighted by Gasteiger charge is -2.20. The third kappa shape index (κ3) is 4.40. The van der Waals surface area contributed by atoms with Gasteiger partial charge in [-0.05, 0) is 62.6 Å². The number of hydrogen-bond acceptors (Lipinski definition) is 5. The van der Waals surface area contributed by atoms with Crippen molar-refractivity contribution in [2.45, 2.75) is 77.7 Å². The van der Waals surface area contributed by atoms with E-state index in [9.17, 15) is 9.59 Å². The number of rotatable bonds is 8. The highest BCUT2D eigenvalue weighted by molar-refractivity contribution is 5.84. The molecule has 0 aliphatic heterocycles. The van der Waals surface area contributed by atoms with Crippen LogP contribution in [0.15, 0.2) is 21.3 Å². The van der Waals surface area contributed by atoms with Crippen molar-refractivity contribution in [3.8, 4) is 5.75 Å². The second kappa shape index (κ2) is 9.26. The molecule has 1 heterocycles. The van der Waals surface area contributed by atoms with E-state index in [2.05, 4.69) is 13.0 Å². The molecule has 0 radical (unpaired) electrons. The van der Waals surface area contributed by atoms with E-state index in [-0.39, 0.29) is 5.63 Å². The van der Waals surface area contributed by atoms with E-state index < -0.39 is 12.1 Å². The van der Waals surface area contributed by atoms with E-state index in [1.165, 1.54) is 20.0 Å². The van der Waals surface area contributed by atoms with Crippen LogP contribution in [0.5, 0.6) is 5.75 Å². The van der Waals surface area contributed by atoms with Crippen molar-refractivity contribution in [1.82, 2.24) is 0 Å². The molecule has 1 aromatic carbocycles. The molecular weight excluding hydrogens is 356 g/mol. The van der Waals surface area contributed by atoms with Gasteiger partial charge in [0.1, 0.15) is 11.3 Å². The lowest BCUT2D eigenvalue weighted by Crippen LogP contribution is -2.25. The van der Waals surface area contributed by atoms with Gasteiger partial charge in [-0.2, -0.15) is 0 Å². The zero-order valence-corrected chi connectivity index (χ0v) is 17.1. The molecule has 0 amide bonds. The molecule has 5 heteroatoms. The number of aryl methyl sites for hydroxylation is 2. The first-order valence-electron chi connectivity index (χ1n) is 10.4. The Hall–Kier alpha value is -2.30. The molecule has 0 saturated heterocycles. The minimum atomic E-state index is -0.721. The van der Waals surface area contributed by atoms with Gasteiger partial charge in [-0.15, -0.1) is 0 Å². The van der Waals surface area contributed by atoms with E-state index >= 15 is 0 Å². The largest absolute Gasteiger partial charge is 0.479 e. The van der Waals surface area contributed by atoms with Crippen LogP contribution >= 0.6 is 0 Å². The maximum absolute atomic E-state index is 12.4. The zero-order valence-electron chi connectivity index (χ0n) is 17.1. The second-order valence-corrected chi connectivity index (χ2v) is 7.60. The zero-order chi connectivity index (χ0) is 20.1. The molecule has 0 bridgehead atoms. The molecule has 3 rings (SSSR count). The van der Waals surface area contributed by atoms with Gasteiger partial charge in [-0.3, -0.25) is 0 Å². The standard InChI is InChI=1S/C23H30O5/c1-4-5-6-7-10-16-13-19-17-11-8-9-12-18(17)23(25)28-21(19)14-20(16)27-15(2)22(24)26-3/h13-15H,4-12H2,1-3H3/t15-/m0/s1. The number of esters is 1. The van der Waals surface area contributed by atoms with Gasteiger partial charge in [-0.25, -0.2) is 9.59 Å². The van der Waals surface area contributed by atoms with E-state index in [1.54, 1.807) is 13.0 Å². The number of hydrogen-bond donors (Lipinski definition) is 0. The Morgan fingerprint density at radius 1 is 1.14 bits per heavy atom. The smallest absolute Gasteiger partial charge is 0.346 e. The summed E-state index contributed by atoms with van der Waals surface area (Å²) in [6.07, 6.45) is 8.56. The summed E-state index contributed by atoms with van der Waals surface area (Å²) in [5.74, 6) is 0.171. The third-order valence-electron chi connectivity index (χ3n) is 5.54. The van der Waals surface area contributed by atoms with Gasteiger partial charge in [0.15, 0.2) is 6.10 Å². The summed E-state index contributed by atoms with van der Waals surface area (Å²) in [7, 11) is 1.35. The number of ether oxygens (including phenoxy) is 2. The summed E-state index contributed by atoms with van der Waals surface area (Å²) >= 11 is 0. The predicted molar refractivity (Wildman–Crippen MR) is 109 cm³/mol. The van der Waals surface area contributed by atoms with Crippen molar-refractivity contribution < 1.29 is 18.7 Å². The van der Waals surface area contributed by atoms with Crippen molar-refractivity contribution in [2.75, 3.05) is 7.11 Å². The molecule has 1 aromatic heterocycles. The van der Waals surface area contributed by atoms with Crippen molar-refractivity contribution in [3.05, 3.63) is 39.2 Å². The van der Waals surface area contributed by atoms with Crippen LogP contribution in [0.1, 0.15) is 69.1 Å². The fraction of sp³-hybridized carbons (Fsp3) is 0.565. The Morgan fingerprint density at radius 2 is 1.89 bits per heavy atom. The third-order valence-corrected chi connectivity index (χ3v) is 5.54. The number of unbranched alkanes of at least 4 members (excludes halogenated alkanes) is 3. The minimum absolute atomic E-state index is 0.245.